The van der Waals surface area contributed by atoms with Gasteiger partial charge in [-0.2, -0.15) is 11.3 Å². The minimum absolute atomic E-state index is 0.163. The Labute approximate surface area is 98.9 Å². The van der Waals surface area contributed by atoms with Gasteiger partial charge in [-0.15, -0.1) is 0 Å². The summed E-state index contributed by atoms with van der Waals surface area (Å²) in [5, 5.41) is 7.54. The van der Waals surface area contributed by atoms with Gasteiger partial charge in [0.1, 0.15) is 5.82 Å². The molecule has 0 bridgehead atoms. The molecule has 0 radical (unpaired) electrons. The summed E-state index contributed by atoms with van der Waals surface area (Å²) in [5.41, 5.74) is 2.25. The number of thiophene rings is 1. The summed E-state index contributed by atoms with van der Waals surface area (Å²) >= 11 is 1.69. The van der Waals surface area contributed by atoms with Crippen LogP contribution in [0.25, 0.3) is 0 Å². The lowest BCUT2D eigenvalue weighted by Gasteiger charge is -2.13. The highest BCUT2D eigenvalue weighted by Crippen LogP contribution is 2.14. The summed E-state index contributed by atoms with van der Waals surface area (Å²) in [6.07, 6.45) is 0. The van der Waals surface area contributed by atoms with E-state index in [1.807, 2.05) is 13.0 Å². The highest BCUT2D eigenvalue weighted by atomic mass is 32.1. The third kappa shape index (κ3) is 2.90. The second-order valence-electron chi connectivity index (χ2n) is 3.79. The summed E-state index contributed by atoms with van der Waals surface area (Å²) < 4.78 is 13.0. The van der Waals surface area contributed by atoms with E-state index in [0.29, 0.717) is 0 Å². The molecule has 1 heterocycles. The van der Waals surface area contributed by atoms with Crippen LogP contribution < -0.4 is 5.32 Å². The molecule has 3 heteroatoms. The van der Waals surface area contributed by atoms with Gasteiger partial charge in [0.25, 0.3) is 0 Å². The first-order valence-corrected chi connectivity index (χ1v) is 6.20. The van der Waals surface area contributed by atoms with Crippen LogP contribution in [0, 0.1) is 5.82 Å². The Morgan fingerprint density at radius 1 is 1.38 bits per heavy atom. The minimum atomic E-state index is -0.179. The molecule has 0 saturated heterocycles. The molecule has 1 aromatic heterocycles. The van der Waals surface area contributed by atoms with Crippen molar-refractivity contribution >= 4 is 11.3 Å². The van der Waals surface area contributed by atoms with Crippen molar-refractivity contribution < 1.29 is 4.39 Å². The Morgan fingerprint density at radius 2 is 2.25 bits per heavy atom. The van der Waals surface area contributed by atoms with E-state index < -0.39 is 0 Å². The molecular weight excluding hydrogens is 221 g/mol. The van der Waals surface area contributed by atoms with Crippen molar-refractivity contribution in [3.05, 3.63) is 58.0 Å². The molecule has 0 amide bonds. The summed E-state index contributed by atoms with van der Waals surface area (Å²) in [4.78, 5) is 0. The van der Waals surface area contributed by atoms with E-state index in [2.05, 4.69) is 22.1 Å². The van der Waals surface area contributed by atoms with E-state index in [1.54, 1.807) is 23.5 Å². The van der Waals surface area contributed by atoms with Gasteiger partial charge < -0.3 is 5.32 Å². The van der Waals surface area contributed by atoms with Crippen LogP contribution in [0.5, 0.6) is 0 Å². The number of halogens is 1. The van der Waals surface area contributed by atoms with Crippen LogP contribution in [-0.2, 0) is 6.54 Å². The zero-order valence-corrected chi connectivity index (χ0v) is 9.93. The van der Waals surface area contributed by atoms with Gasteiger partial charge >= 0.3 is 0 Å². The first kappa shape index (κ1) is 11.3. The molecule has 0 aliphatic carbocycles. The Hall–Kier alpha value is -1.19. The second-order valence-corrected chi connectivity index (χ2v) is 4.57. The SMILES string of the molecule is CC(NCc1ccsc1)c1cccc(F)c1. The van der Waals surface area contributed by atoms with Gasteiger partial charge in [-0.25, -0.2) is 4.39 Å². The van der Waals surface area contributed by atoms with Gasteiger partial charge in [0.05, 0.1) is 0 Å². The van der Waals surface area contributed by atoms with Gasteiger partial charge in [-0.05, 0) is 47.0 Å². The first-order chi connectivity index (χ1) is 7.75. The van der Waals surface area contributed by atoms with Crippen molar-refractivity contribution in [2.75, 3.05) is 0 Å². The fourth-order valence-electron chi connectivity index (χ4n) is 1.56. The first-order valence-electron chi connectivity index (χ1n) is 5.25. The lowest BCUT2D eigenvalue weighted by molar-refractivity contribution is 0.565. The molecule has 1 N–H and O–H groups in total. The van der Waals surface area contributed by atoms with E-state index in [1.165, 1.54) is 11.6 Å². The van der Waals surface area contributed by atoms with Gasteiger partial charge in [0.2, 0.25) is 0 Å². The molecule has 16 heavy (non-hydrogen) atoms. The lowest BCUT2D eigenvalue weighted by atomic mass is 10.1. The van der Waals surface area contributed by atoms with Crippen molar-refractivity contribution in [1.82, 2.24) is 5.32 Å². The lowest BCUT2D eigenvalue weighted by Crippen LogP contribution is -2.17. The van der Waals surface area contributed by atoms with E-state index in [0.717, 1.165) is 12.1 Å². The molecule has 0 saturated carbocycles. The van der Waals surface area contributed by atoms with Crippen molar-refractivity contribution in [1.29, 1.82) is 0 Å². The molecule has 2 rings (SSSR count). The maximum atomic E-state index is 13.0. The number of nitrogens with one attached hydrogen (secondary N) is 1. The van der Waals surface area contributed by atoms with Gasteiger partial charge in [-0.3, -0.25) is 0 Å². The van der Waals surface area contributed by atoms with Crippen LogP contribution in [0.1, 0.15) is 24.1 Å². The highest BCUT2D eigenvalue weighted by Gasteiger charge is 2.05. The van der Waals surface area contributed by atoms with E-state index in [-0.39, 0.29) is 11.9 Å². The maximum absolute atomic E-state index is 13.0. The van der Waals surface area contributed by atoms with Crippen LogP contribution in [0.4, 0.5) is 4.39 Å². The van der Waals surface area contributed by atoms with E-state index in [4.69, 9.17) is 0 Å². The average Bonchev–Trinajstić information content (AvgIpc) is 2.78. The molecule has 1 atom stereocenters. The molecule has 0 spiro atoms. The predicted molar refractivity (Wildman–Crippen MR) is 66.0 cm³/mol. The van der Waals surface area contributed by atoms with Crippen LogP contribution in [-0.4, -0.2) is 0 Å². The van der Waals surface area contributed by atoms with Crippen molar-refractivity contribution in [3.8, 4) is 0 Å². The van der Waals surface area contributed by atoms with Gasteiger partial charge in [0.15, 0.2) is 0 Å². The number of benzene rings is 1. The Bertz CT molecular complexity index is 439. The third-order valence-electron chi connectivity index (χ3n) is 2.54. The second kappa shape index (κ2) is 5.23. The Balaban J connectivity index is 1.95. The zero-order valence-electron chi connectivity index (χ0n) is 9.11. The van der Waals surface area contributed by atoms with E-state index >= 15 is 0 Å². The zero-order chi connectivity index (χ0) is 11.4. The van der Waals surface area contributed by atoms with Gasteiger partial charge in [0, 0.05) is 12.6 Å². The fourth-order valence-corrected chi connectivity index (χ4v) is 2.23. The fraction of sp³-hybridized carbons (Fsp3) is 0.231. The van der Waals surface area contributed by atoms with Crippen molar-refractivity contribution in [2.24, 2.45) is 0 Å². The van der Waals surface area contributed by atoms with Crippen molar-refractivity contribution in [2.45, 2.75) is 19.5 Å². The molecule has 1 aromatic carbocycles. The summed E-state index contributed by atoms with van der Waals surface area (Å²) in [7, 11) is 0. The van der Waals surface area contributed by atoms with Crippen LogP contribution in [0.2, 0.25) is 0 Å². The molecule has 2 aromatic rings. The maximum Gasteiger partial charge on any atom is 0.123 e. The number of rotatable bonds is 4. The number of hydrogen-bond donors (Lipinski definition) is 1. The highest BCUT2D eigenvalue weighted by molar-refractivity contribution is 7.07. The van der Waals surface area contributed by atoms with E-state index in [9.17, 15) is 4.39 Å². The summed E-state index contributed by atoms with van der Waals surface area (Å²) in [5.74, 6) is -0.179. The van der Waals surface area contributed by atoms with Crippen LogP contribution >= 0.6 is 11.3 Å². The molecule has 1 unspecified atom stereocenters. The quantitative estimate of drug-likeness (QED) is 0.851. The van der Waals surface area contributed by atoms with Crippen molar-refractivity contribution in [3.63, 3.8) is 0 Å². The monoisotopic (exact) mass is 235 g/mol. The summed E-state index contributed by atoms with van der Waals surface area (Å²) in [6.45, 7) is 2.86. The molecule has 0 fully saturated rings. The normalized spacial score (nSPS) is 12.6. The predicted octanol–water partition coefficient (Wildman–Crippen LogP) is 3.74. The molecule has 0 aliphatic rings. The van der Waals surface area contributed by atoms with Crippen LogP contribution in [0.15, 0.2) is 41.1 Å². The summed E-state index contributed by atoms with van der Waals surface area (Å²) in [6, 6.07) is 8.98. The average molecular weight is 235 g/mol. The molecular formula is C13H14FNS. The van der Waals surface area contributed by atoms with Crippen LogP contribution in [0.3, 0.4) is 0 Å². The Morgan fingerprint density at radius 3 is 2.94 bits per heavy atom. The molecule has 84 valence electrons. The topological polar surface area (TPSA) is 12.0 Å². The molecule has 0 aliphatic heterocycles. The van der Waals surface area contributed by atoms with Gasteiger partial charge in [-0.1, -0.05) is 12.1 Å². The molecule has 1 nitrogen and oxygen atoms in total. The largest absolute Gasteiger partial charge is 0.306 e. The number of hydrogen-bond acceptors (Lipinski definition) is 2. The standard InChI is InChI=1S/C13H14FNS/c1-10(12-3-2-4-13(14)7-12)15-8-11-5-6-16-9-11/h2-7,9-10,15H,8H2,1H3. The smallest absolute Gasteiger partial charge is 0.123 e. The third-order valence-corrected chi connectivity index (χ3v) is 3.27. The minimum Gasteiger partial charge on any atom is -0.306 e. The Kier molecular flexibility index (Phi) is 3.70.